The third-order valence-electron chi connectivity index (χ3n) is 10.6. The number of ketones is 2. The Morgan fingerprint density at radius 2 is 1.70 bits per heavy atom. The zero-order valence-corrected chi connectivity index (χ0v) is 33.1. The van der Waals surface area contributed by atoms with Gasteiger partial charge >= 0.3 is 45.0 Å². The van der Waals surface area contributed by atoms with Crippen molar-refractivity contribution in [2.24, 2.45) is 45.4 Å². The standard InChI is InChI=1S/C16H19N3O5.C10H13F2N3O3.C6H8O4.CH4.ClH.2H2N.Pt/c1-6-11(17)14(21)10-9(5-24-15(18)22)16(23-2)8-3-7(8)4-19(16)12(10)13(6)20;1-5-14-7(13)2-3-15(5)9-10(11,12)8(17)6(4-16)18-9;7-4(8)6(5(9)10)2-1-3-6;;;;;/h7-9H,3-5,17H2,1-2H3,(H2,18,22);2-3,6,8-9,16-17H,1,4H2,(H2,13,14);1-3H2,(H,7,8)(H,9,10);1H4;1H;2*1H2;/q;;;;;2*-1;+2/t7-,8-,9?,16-;6?,8?,9-;;;;;;/m11....../s1. The average molecular weight is 1020 g/mol. The van der Waals surface area contributed by atoms with Crippen LogP contribution < -0.4 is 17.2 Å². The second-order valence-corrected chi connectivity index (χ2v) is 13.4. The van der Waals surface area contributed by atoms with Gasteiger partial charge in [-0.1, -0.05) is 14.0 Å². The number of ether oxygens (including phenoxy) is 3. The summed E-state index contributed by atoms with van der Waals surface area (Å²) in [6.07, 6.45) is -1.36. The van der Waals surface area contributed by atoms with Gasteiger partial charge in [-0.2, -0.15) is 8.78 Å². The van der Waals surface area contributed by atoms with Crippen LogP contribution in [0.15, 0.2) is 52.2 Å². The van der Waals surface area contributed by atoms with Gasteiger partial charge in [-0.05, 0) is 44.6 Å². The summed E-state index contributed by atoms with van der Waals surface area (Å²) in [6, 6.07) is 0. The largest absolute Gasteiger partial charge is 2.00 e. The quantitative estimate of drug-likeness (QED) is 0.141. The third-order valence-corrected chi connectivity index (χ3v) is 10.6. The van der Waals surface area contributed by atoms with Crippen molar-refractivity contribution in [1.29, 1.82) is 0 Å². The molecule has 24 heteroatoms. The summed E-state index contributed by atoms with van der Waals surface area (Å²) >= 11 is 0. The van der Waals surface area contributed by atoms with E-state index >= 15 is 0 Å². The number of rotatable bonds is 7. The van der Waals surface area contributed by atoms with Crippen LogP contribution in [0.25, 0.3) is 12.3 Å². The summed E-state index contributed by atoms with van der Waals surface area (Å²) in [7, 11) is 1.56. The van der Waals surface area contributed by atoms with E-state index in [0.29, 0.717) is 24.6 Å². The molecule has 0 radical (unpaired) electrons. The number of carboxylic acids is 2. The number of methoxy groups -OCH3 is 1. The average Bonchev–Trinajstić information content (AvgIpc) is 3.59. The van der Waals surface area contributed by atoms with Crippen LogP contribution in [0.1, 0.15) is 40.0 Å². The van der Waals surface area contributed by atoms with Gasteiger partial charge in [-0.15, -0.1) is 12.4 Å². The number of amidine groups is 1. The summed E-state index contributed by atoms with van der Waals surface area (Å²) in [6.45, 7) is 4.86. The Bertz CT molecular complexity index is 1730. The van der Waals surface area contributed by atoms with Crippen molar-refractivity contribution in [1.82, 2.24) is 9.80 Å². The van der Waals surface area contributed by atoms with Crippen molar-refractivity contribution in [3.05, 3.63) is 59.5 Å². The summed E-state index contributed by atoms with van der Waals surface area (Å²) in [5, 5.41) is 35.2. The van der Waals surface area contributed by atoms with Crippen LogP contribution in [0, 0.1) is 23.2 Å². The minimum atomic E-state index is -3.55. The molecule has 0 aromatic carbocycles. The summed E-state index contributed by atoms with van der Waals surface area (Å²) in [4.78, 5) is 64.0. The van der Waals surface area contributed by atoms with E-state index in [-0.39, 0.29) is 119 Å². The molecular formula is C33H49ClF2N8O12Pt. The second kappa shape index (κ2) is 19.2. The molecule has 7 atom stereocenters. The zero-order chi connectivity index (χ0) is 38.7. The molecule has 7 rings (SSSR count). The van der Waals surface area contributed by atoms with Gasteiger partial charge < -0.3 is 73.9 Å². The first-order valence-corrected chi connectivity index (χ1v) is 16.1. The number of allylic oxidation sites excluding steroid dienone is 2. The molecule has 2 saturated heterocycles. The summed E-state index contributed by atoms with van der Waals surface area (Å²) in [5.41, 5.74) is 14.9. The van der Waals surface area contributed by atoms with Gasteiger partial charge in [0.2, 0.25) is 17.8 Å². The number of aliphatic imine (C=N–C) groups is 1. The Kier molecular flexibility index (Phi) is 17.8. The number of alkyl halides is 2. The molecule has 4 aliphatic heterocycles. The molecule has 0 aromatic rings. The van der Waals surface area contributed by atoms with E-state index in [1.807, 2.05) is 4.90 Å². The smallest absolute Gasteiger partial charge is 0.693 e. The van der Waals surface area contributed by atoms with Crippen molar-refractivity contribution in [2.45, 2.75) is 70.1 Å². The van der Waals surface area contributed by atoms with E-state index in [4.69, 9.17) is 46.7 Å². The van der Waals surface area contributed by atoms with Crippen molar-refractivity contribution < 1.29 is 88.5 Å². The van der Waals surface area contributed by atoms with Crippen molar-refractivity contribution in [3.8, 4) is 0 Å². The molecule has 2 saturated carbocycles. The maximum Gasteiger partial charge on any atom is 2.00 e. The fourth-order valence-electron chi connectivity index (χ4n) is 7.53. The molecule has 4 heterocycles. The molecule has 4 fully saturated rings. The number of nitrogens with two attached hydrogens (primary N) is 5. The van der Waals surface area contributed by atoms with E-state index in [0.717, 1.165) is 11.3 Å². The maximum absolute atomic E-state index is 13.8. The first-order chi connectivity index (χ1) is 24.3. The fraction of sp³-hybridized carbons (Fsp3) is 0.576. The molecule has 7 aliphatic rings. The van der Waals surface area contributed by atoms with Crippen LogP contribution in [-0.4, -0.2) is 123 Å². The Morgan fingerprint density at radius 1 is 1.12 bits per heavy atom. The van der Waals surface area contributed by atoms with Crippen LogP contribution in [0.4, 0.5) is 13.6 Å². The van der Waals surface area contributed by atoms with E-state index < -0.39 is 66.1 Å². The molecule has 0 aromatic heterocycles. The van der Waals surface area contributed by atoms with Gasteiger partial charge in [0.15, 0.2) is 17.2 Å². The molecule has 1 amide bonds. The van der Waals surface area contributed by atoms with Crippen LogP contribution in [0.3, 0.4) is 0 Å². The van der Waals surface area contributed by atoms with Gasteiger partial charge in [0.1, 0.15) is 24.4 Å². The molecule has 0 bridgehead atoms. The summed E-state index contributed by atoms with van der Waals surface area (Å²) < 4.78 is 43.4. The fourth-order valence-corrected chi connectivity index (χ4v) is 7.53. The van der Waals surface area contributed by atoms with E-state index in [1.165, 1.54) is 12.3 Å². The minimum Gasteiger partial charge on any atom is -0.693 e. The number of piperidine rings is 1. The third kappa shape index (κ3) is 8.58. The van der Waals surface area contributed by atoms with Gasteiger partial charge in [0, 0.05) is 36.9 Å². The Labute approximate surface area is 347 Å². The zero-order valence-electron chi connectivity index (χ0n) is 30.0. The minimum absolute atomic E-state index is 0. The van der Waals surface area contributed by atoms with Crippen LogP contribution >= 0.6 is 12.4 Å². The molecule has 57 heavy (non-hydrogen) atoms. The Balaban J connectivity index is 0.000000850. The number of carbonyl (C=O) groups is 5. The van der Waals surface area contributed by atoms with Crippen LogP contribution in [0.5, 0.6) is 0 Å². The Morgan fingerprint density at radius 3 is 2.12 bits per heavy atom. The number of aliphatic hydroxyl groups excluding tert-OH is 2. The number of primary amides is 1. The van der Waals surface area contributed by atoms with E-state index in [1.54, 1.807) is 14.0 Å². The van der Waals surface area contributed by atoms with E-state index in [2.05, 4.69) is 11.6 Å². The summed E-state index contributed by atoms with van der Waals surface area (Å²) in [5.74, 6) is -6.46. The number of hydrogen-bond acceptors (Lipinski definition) is 15. The first kappa shape index (κ1) is 53.0. The Hall–Kier alpha value is -4.02. The number of nitrogens with zero attached hydrogens (tertiary/aromatic N) is 3. The number of aliphatic carboxylic acids is 2. The first-order valence-electron chi connectivity index (χ1n) is 16.1. The van der Waals surface area contributed by atoms with Gasteiger partial charge in [0.05, 0.1) is 23.9 Å². The van der Waals surface area contributed by atoms with Gasteiger partial charge in [0.25, 0.3) is 0 Å². The predicted octanol–water partition coefficient (Wildman–Crippen LogP) is 1.82. The predicted molar refractivity (Wildman–Crippen MR) is 196 cm³/mol. The topological polar surface area (TPSA) is 358 Å². The number of carboxylic acid groups (broad SMARTS) is 2. The monoisotopic (exact) mass is 1020 g/mol. The number of Topliss-reactive ketones (excluding diaryl/α,β-unsaturated/α-hetero) is 2. The molecule has 3 aliphatic carbocycles. The van der Waals surface area contributed by atoms with E-state index in [9.17, 15) is 37.9 Å². The van der Waals surface area contributed by atoms with Gasteiger partial charge in [-0.25, -0.2) is 9.79 Å². The SMILES string of the molecule is C.C=C1N=C(N)C=CN1[C@@H]1OC(CO)C(O)C1(F)F.CO[C@]12C(COC(N)=O)C3=C(C(=O)C(C)=C(N)C3=O)N1C[C@H]1C[C@H]12.Cl.O=C(O)C1(C(=O)O)CCC1.[NH2-].[NH2-].[Pt+2]. The molecule has 324 valence electrons. The number of aliphatic hydroxyl groups is 2. The maximum atomic E-state index is 13.8. The van der Waals surface area contributed by atoms with Crippen LogP contribution in [-0.2, 0) is 54.5 Å². The second-order valence-electron chi connectivity index (χ2n) is 13.4. The van der Waals surface area contributed by atoms with Crippen molar-refractivity contribution in [3.63, 3.8) is 0 Å². The molecule has 0 spiro atoms. The number of halogens is 3. The number of fused-ring (bicyclic) bond motifs is 4. The molecule has 14 N–H and O–H groups in total. The molecule has 20 nitrogen and oxygen atoms in total. The molecular weight excluding hydrogens is 969 g/mol. The number of carbonyl (C=O) groups excluding carboxylic acids is 3. The normalized spacial score (nSPS) is 30.2. The van der Waals surface area contributed by atoms with Crippen molar-refractivity contribution >= 4 is 47.8 Å². The number of amides is 1. The van der Waals surface area contributed by atoms with Gasteiger partial charge in [-0.3, -0.25) is 19.2 Å². The van der Waals surface area contributed by atoms with Crippen LogP contribution in [0.2, 0.25) is 0 Å². The molecule has 3 unspecified atom stereocenters. The number of hydrogen-bond donors (Lipinski definition) is 7. The van der Waals surface area contributed by atoms with Crippen molar-refractivity contribution in [2.75, 3.05) is 26.9 Å².